The van der Waals surface area contributed by atoms with E-state index in [1.54, 1.807) is 0 Å². The second kappa shape index (κ2) is 12.1. The number of hydrogen-bond acceptors (Lipinski definition) is 4. The summed E-state index contributed by atoms with van der Waals surface area (Å²) in [5.74, 6) is 1.88. The normalized spacial score (nSPS) is 14.5. The maximum atomic E-state index is 6.88. The fourth-order valence-electron chi connectivity index (χ4n) is 10.9. The Hall–Kier alpha value is -7.43. The molecule has 0 saturated carbocycles. The third-order valence-electron chi connectivity index (χ3n) is 13.9. The smallest absolute Gasteiger partial charge is 0.164 e. The van der Waals surface area contributed by atoms with Crippen molar-refractivity contribution in [3.63, 3.8) is 0 Å². The summed E-state index contributed by atoms with van der Waals surface area (Å²) in [6.45, 7) is 9.31. The van der Waals surface area contributed by atoms with E-state index in [1.807, 2.05) is 6.07 Å². The monoisotopic (exact) mass is 781 g/mol. The van der Waals surface area contributed by atoms with Gasteiger partial charge in [-0.1, -0.05) is 173 Å². The zero-order chi connectivity index (χ0) is 40.8. The van der Waals surface area contributed by atoms with Crippen LogP contribution in [0.1, 0.15) is 49.9 Å². The largest absolute Gasteiger partial charge is 0.455 e. The van der Waals surface area contributed by atoms with Crippen molar-refractivity contribution in [1.82, 2.24) is 15.0 Å². The first-order chi connectivity index (χ1) is 29.8. The lowest BCUT2D eigenvalue weighted by Gasteiger charge is -2.22. The molecule has 0 spiro atoms. The summed E-state index contributed by atoms with van der Waals surface area (Å²) in [5.41, 5.74) is 14.5. The topological polar surface area (TPSA) is 51.8 Å². The quantitative estimate of drug-likeness (QED) is 0.168. The number of furan rings is 1. The standard InChI is InChI=1S/C57H39N3O/c1-56(2)44-21-10-7-17-39(44)49-37-27-26-33-24-25-34(30-42(33)36(37)28-29-46(49)56)53-58-54(38-20-13-15-32-14-5-6-16-35(32)38)60-55(59-53)43-31-47-51(40-18-8-11-22-45(40)57(47,3)4)52-50(43)41-19-9-12-23-48(41)61-52/h5-31H,1-4H3. The number of para-hydroxylation sites is 1. The summed E-state index contributed by atoms with van der Waals surface area (Å²) in [4.78, 5) is 16.3. The average Bonchev–Trinajstić information content (AvgIpc) is 3.88. The minimum atomic E-state index is -0.266. The van der Waals surface area contributed by atoms with Crippen LogP contribution in [-0.4, -0.2) is 15.0 Å². The lowest BCUT2D eigenvalue weighted by Crippen LogP contribution is -2.15. The predicted molar refractivity (Wildman–Crippen MR) is 251 cm³/mol. The van der Waals surface area contributed by atoms with Gasteiger partial charge in [0.15, 0.2) is 17.5 Å². The molecule has 288 valence electrons. The number of benzene rings is 9. The van der Waals surface area contributed by atoms with Crippen LogP contribution >= 0.6 is 0 Å². The second-order valence-corrected chi connectivity index (χ2v) is 17.9. The molecule has 2 aromatic heterocycles. The molecule has 0 aliphatic heterocycles. The molecule has 4 nitrogen and oxygen atoms in total. The van der Waals surface area contributed by atoms with E-state index in [4.69, 9.17) is 19.4 Å². The van der Waals surface area contributed by atoms with Crippen molar-refractivity contribution in [3.8, 4) is 56.4 Å². The summed E-state index contributed by atoms with van der Waals surface area (Å²) >= 11 is 0. The van der Waals surface area contributed by atoms with Gasteiger partial charge in [0.05, 0.1) is 0 Å². The molecular formula is C57H39N3O. The van der Waals surface area contributed by atoms with Crippen LogP contribution in [-0.2, 0) is 10.8 Å². The zero-order valence-corrected chi connectivity index (χ0v) is 34.3. The fourth-order valence-corrected chi connectivity index (χ4v) is 10.9. The predicted octanol–water partition coefficient (Wildman–Crippen LogP) is 14.8. The molecule has 4 heteroatoms. The Morgan fingerprint density at radius 2 is 0.967 bits per heavy atom. The Morgan fingerprint density at radius 1 is 0.377 bits per heavy atom. The lowest BCUT2D eigenvalue weighted by atomic mass is 9.81. The van der Waals surface area contributed by atoms with Gasteiger partial charge in [0.25, 0.3) is 0 Å². The third-order valence-corrected chi connectivity index (χ3v) is 13.9. The summed E-state index contributed by atoms with van der Waals surface area (Å²) in [7, 11) is 0. The van der Waals surface area contributed by atoms with Crippen LogP contribution in [0.4, 0.5) is 0 Å². The first kappa shape index (κ1) is 34.4. The molecule has 0 unspecified atom stereocenters. The van der Waals surface area contributed by atoms with E-state index in [-0.39, 0.29) is 10.8 Å². The molecule has 0 N–H and O–H groups in total. The van der Waals surface area contributed by atoms with E-state index in [0.29, 0.717) is 17.5 Å². The van der Waals surface area contributed by atoms with Crippen LogP contribution in [0, 0.1) is 0 Å². The van der Waals surface area contributed by atoms with E-state index in [0.717, 1.165) is 55.0 Å². The van der Waals surface area contributed by atoms with Crippen molar-refractivity contribution >= 4 is 54.3 Å². The number of rotatable bonds is 3. The van der Waals surface area contributed by atoms with Crippen LogP contribution in [0.2, 0.25) is 0 Å². The number of nitrogens with zero attached hydrogens (tertiary/aromatic N) is 3. The average molecular weight is 782 g/mol. The van der Waals surface area contributed by atoms with Crippen LogP contribution in [0.5, 0.6) is 0 Å². The molecule has 9 aromatic carbocycles. The van der Waals surface area contributed by atoms with E-state index in [2.05, 4.69) is 185 Å². The summed E-state index contributed by atoms with van der Waals surface area (Å²) in [5, 5.41) is 9.14. The van der Waals surface area contributed by atoms with Crippen LogP contribution < -0.4 is 0 Å². The third kappa shape index (κ3) is 4.68. The molecule has 2 aliphatic rings. The molecule has 0 radical (unpaired) electrons. The van der Waals surface area contributed by atoms with Crippen molar-refractivity contribution in [2.45, 2.75) is 38.5 Å². The van der Waals surface area contributed by atoms with Crippen LogP contribution in [0.3, 0.4) is 0 Å². The van der Waals surface area contributed by atoms with Gasteiger partial charge < -0.3 is 4.42 Å². The van der Waals surface area contributed by atoms with Gasteiger partial charge in [0, 0.05) is 43.9 Å². The van der Waals surface area contributed by atoms with Gasteiger partial charge >= 0.3 is 0 Å². The van der Waals surface area contributed by atoms with Gasteiger partial charge in [0.2, 0.25) is 0 Å². The Labute approximate surface area is 353 Å². The molecule has 0 saturated heterocycles. The maximum Gasteiger partial charge on any atom is 0.164 e. The first-order valence-electron chi connectivity index (χ1n) is 21.2. The first-order valence-corrected chi connectivity index (χ1v) is 21.2. The van der Waals surface area contributed by atoms with Crippen molar-refractivity contribution in [1.29, 1.82) is 0 Å². The Kier molecular flexibility index (Phi) is 6.82. The maximum absolute atomic E-state index is 6.88. The summed E-state index contributed by atoms with van der Waals surface area (Å²) in [6, 6.07) is 59.0. The van der Waals surface area contributed by atoms with E-state index >= 15 is 0 Å². The van der Waals surface area contributed by atoms with E-state index in [1.165, 1.54) is 60.5 Å². The van der Waals surface area contributed by atoms with Crippen LogP contribution in [0.25, 0.3) is 111 Å². The van der Waals surface area contributed by atoms with Crippen LogP contribution in [0.15, 0.2) is 168 Å². The van der Waals surface area contributed by atoms with E-state index in [9.17, 15) is 0 Å². The zero-order valence-electron chi connectivity index (χ0n) is 34.3. The molecule has 61 heavy (non-hydrogen) atoms. The van der Waals surface area contributed by atoms with Gasteiger partial charge in [-0.25, -0.2) is 15.0 Å². The summed E-state index contributed by atoms with van der Waals surface area (Å²) < 4.78 is 6.88. The minimum Gasteiger partial charge on any atom is -0.455 e. The number of aromatic nitrogens is 3. The molecule has 0 bridgehead atoms. The van der Waals surface area contributed by atoms with E-state index < -0.39 is 0 Å². The van der Waals surface area contributed by atoms with Gasteiger partial charge in [-0.05, 0) is 89.5 Å². The van der Waals surface area contributed by atoms with Gasteiger partial charge in [-0.2, -0.15) is 0 Å². The molecule has 11 aromatic rings. The van der Waals surface area contributed by atoms with Crippen molar-refractivity contribution in [3.05, 3.63) is 186 Å². The van der Waals surface area contributed by atoms with Crippen molar-refractivity contribution < 1.29 is 4.42 Å². The second-order valence-electron chi connectivity index (χ2n) is 17.9. The molecule has 13 rings (SSSR count). The molecule has 2 heterocycles. The highest BCUT2D eigenvalue weighted by Crippen LogP contribution is 2.55. The molecular weight excluding hydrogens is 743 g/mol. The van der Waals surface area contributed by atoms with Crippen molar-refractivity contribution in [2.75, 3.05) is 0 Å². The highest BCUT2D eigenvalue weighted by molar-refractivity contribution is 6.18. The molecule has 2 aliphatic carbocycles. The molecule has 0 amide bonds. The Bertz CT molecular complexity index is 3710. The molecule has 0 atom stereocenters. The highest BCUT2D eigenvalue weighted by atomic mass is 16.3. The van der Waals surface area contributed by atoms with Crippen molar-refractivity contribution in [2.24, 2.45) is 0 Å². The highest BCUT2D eigenvalue weighted by Gasteiger charge is 2.39. The number of fused-ring (bicyclic) bond motifs is 15. The van der Waals surface area contributed by atoms with Gasteiger partial charge in [0.1, 0.15) is 11.2 Å². The number of hydrogen-bond donors (Lipinski definition) is 0. The fraction of sp³-hybridized carbons (Fsp3) is 0.105. The lowest BCUT2D eigenvalue weighted by molar-refractivity contribution is 0.653. The minimum absolute atomic E-state index is 0.0719. The summed E-state index contributed by atoms with van der Waals surface area (Å²) in [6.07, 6.45) is 0. The van der Waals surface area contributed by atoms with Gasteiger partial charge in [-0.15, -0.1) is 0 Å². The SMILES string of the molecule is CC1(C)c2ccccc2-c2c1ccc1c2ccc2ccc(-c3nc(-c4cccc5ccccc45)nc(-c4cc5c(c6oc7ccccc7c46)-c4ccccc4C5(C)C)n3)cc21. The Morgan fingerprint density at radius 3 is 1.79 bits per heavy atom. The Balaban J connectivity index is 1.10. The van der Waals surface area contributed by atoms with Gasteiger partial charge in [-0.3, -0.25) is 0 Å². The molecule has 0 fully saturated rings.